The molecule has 0 saturated heterocycles. The lowest BCUT2D eigenvalue weighted by Crippen LogP contribution is -1.99. The first-order chi connectivity index (χ1) is 10.3. The van der Waals surface area contributed by atoms with Gasteiger partial charge in [0.2, 0.25) is 5.82 Å². The summed E-state index contributed by atoms with van der Waals surface area (Å²) in [6.45, 7) is 0. The summed E-state index contributed by atoms with van der Waals surface area (Å²) in [5.74, 6) is 0.289. The Bertz CT molecular complexity index is 769. The topological polar surface area (TPSA) is 88.0 Å². The maximum absolute atomic E-state index is 7.16. The highest BCUT2D eigenvalue weighted by molar-refractivity contribution is 5.80. The van der Waals surface area contributed by atoms with E-state index < -0.39 is 0 Å². The predicted molar refractivity (Wildman–Crippen MR) is 82.1 cm³/mol. The molecule has 0 bridgehead atoms. The maximum Gasteiger partial charge on any atom is 0.216 e. The van der Waals surface area contributed by atoms with Crippen molar-refractivity contribution in [2.75, 3.05) is 5.73 Å². The van der Waals surface area contributed by atoms with Crippen LogP contribution in [0.15, 0.2) is 65.8 Å². The van der Waals surface area contributed by atoms with Gasteiger partial charge in [0.05, 0.1) is 11.4 Å². The van der Waals surface area contributed by atoms with E-state index in [1.54, 1.807) is 0 Å². The summed E-state index contributed by atoms with van der Waals surface area (Å²) in [5, 5.41) is 3.34. The zero-order chi connectivity index (χ0) is 14.7. The number of rotatable bonds is 3. The van der Waals surface area contributed by atoms with Gasteiger partial charge in [-0.05, 0) is 0 Å². The van der Waals surface area contributed by atoms with Crippen LogP contribution in [0.1, 0.15) is 0 Å². The quantitative estimate of drug-likeness (QED) is 0.706. The lowest BCUT2D eigenvalue weighted by molar-refractivity contribution is 1.07. The van der Waals surface area contributed by atoms with E-state index in [1.165, 1.54) is 0 Å². The van der Waals surface area contributed by atoms with Crippen LogP contribution >= 0.6 is 0 Å². The number of anilines is 1. The molecule has 1 heterocycles. The number of nitrogens with zero attached hydrogens (tertiary/aromatic N) is 3. The SMILES string of the molecule is N=Nc1nc(-c2ccccc2)c(-c2ccccc2)nc1N. The molecule has 0 spiro atoms. The number of nitrogens with two attached hydrogens (primary N) is 1. The highest BCUT2D eigenvalue weighted by atomic mass is 15.1. The van der Waals surface area contributed by atoms with Gasteiger partial charge in [-0.2, -0.15) is 0 Å². The third-order valence-electron chi connectivity index (χ3n) is 3.10. The fourth-order valence-electron chi connectivity index (χ4n) is 2.12. The lowest BCUT2D eigenvalue weighted by Gasteiger charge is -2.10. The van der Waals surface area contributed by atoms with Crippen molar-refractivity contribution in [1.29, 1.82) is 5.53 Å². The molecular weight excluding hydrogens is 262 g/mol. The molecule has 5 nitrogen and oxygen atoms in total. The molecule has 0 saturated carbocycles. The number of hydrogen-bond donors (Lipinski definition) is 2. The van der Waals surface area contributed by atoms with Crippen molar-refractivity contribution in [1.82, 2.24) is 9.97 Å². The van der Waals surface area contributed by atoms with Gasteiger partial charge in [0.1, 0.15) is 0 Å². The molecule has 0 aliphatic carbocycles. The molecule has 1 aromatic heterocycles. The van der Waals surface area contributed by atoms with Crippen molar-refractivity contribution in [2.24, 2.45) is 5.11 Å². The minimum atomic E-state index is 0.133. The van der Waals surface area contributed by atoms with Gasteiger partial charge in [-0.15, -0.1) is 5.11 Å². The normalized spacial score (nSPS) is 10.3. The molecule has 0 unspecified atom stereocenters. The molecule has 0 aliphatic heterocycles. The third kappa shape index (κ3) is 2.49. The van der Waals surface area contributed by atoms with E-state index in [4.69, 9.17) is 11.3 Å². The van der Waals surface area contributed by atoms with Gasteiger partial charge in [0.25, 0.3) is 0 Å². The van der Waals surface area contributed by atoms with Crippen LogP contribution in [0.5, 0.6) is 0 Å². The average Bonchev–Trinajstić information content (AvgIpc) is 2.56. The van der Waals surface area contributed by atoms with E-state index in [9.17, 15) is 0 Å². The maximum atomic E-state index is 7.16. The Kier molecular flexibility index (Phi) is 3.39. The van der Waals surface area contributed by atoms with Gasteiger partial charge in [-0.25, -0.2) is 15.5 Å². The molecule has 21 heavy (non-hydrogen) atoms. The van der Waals surface area contributed by atoms with Crippen LogP contribution in [0.25, 0.3) is 22.5 Å². The summed E-state index contributed by atoms with van der Waals surface area (Å²) in [6.07, 6.45) is 0. The van der Waals surface area contributed by atoms with Crippen LogP contribution in [0.4, 0.5) is 11.6 Å². The molecule has 0 fully saturated rings. The average molecular weight is 275 g/mol. The summed E-state index contributed by atoms with van der Waals surface area (Å²) in [7, 11) is 0. The fraction of sp³-hybridized carbons (Fsp3) is 0. The first-order valence-electron chi connectivity index (χ1n) is 6.45. The van der Waals surface area contributed by atoms with E-state index in [-0.39, 0.29) is 11.6 Å². The second-order valence-electron chi connectivity index (χ2n) is 4.47. The zero-order valence-electron chi connectivity index (χ0n) is 11.2. The second-order valence-corrected chi connectivity index (χ2v) is 4.47. The van der Waals surface area contributed by atoms with Gasteiger partial charge < -0.3 is 5.73 Å². The number of nitrogen functional groups attached to an aromatic ring is 1. The van der Waals surface area contributed by atoms with Crippen LogP contribution in [0.2, 0.25) is 0 Å². The number of benzene rings is 2. The minimum absolute atomic E-state index is 0.133. The van der Waals surface area contributed by atoms with Crippen LogP contribution < -0.4 is 5.73 Å². The summed E-state index contributed by atoms with van der Waals surface area (Å²) >= 11 is 0. The van der Waals surface area contributed by atoms with Crippen LogP contribution in [-0.2, 0) is 0 Å². The summed E-state index contributed by atoms with van der Waals surface area (Å²) in [4.78, 5) is 8.79. The molecule has 0 aliphatic rings. The number of hydrogen-bond acceptors (Lipinski definition) is 5. The van der Waals surface area contributed by atoms with E-state index in [0.717, 1.165) is 11.1 Å². The smallest absolute Gasteiger partial charge is 0.216 e. The van der Waals surface area contributed by atoms with Crippen LogP contribution in [-0.4, -0.2) is 9.97 Å². The van der Waals surface area contributed by atoms with Gasteiger partial charge >= 0.3 is 0 Å². The molecule has 0 radical (unpaired) electrons. The number of aromatic nitrogens is 2. The van der Waals surface area contributed by atoms with Crippen molar-refractivity contribution < 1.29 is 0 Å². The van der Waals surface area contributed by atoms with E-state index in [1.807, 2.05) is 60.7 Å². The highest BCUT2D eigenvalue weighted by Gasteiger charge is 2.14. The van der Waals surface area contributed by atoms with E-state index in [2.05, 4.69) is 15.1 Å². The monoisotopic (exact) mass is 275 g/mol. The largest absolute Gasteiger partial charge is 0.380 e. The van der Waals surface area contributed by atoms with E-state index in [0.29, 0.717) is 11.4 Å². The lowest BCUT2D eigenvalue weighted by atomic mass is 10.0. The first-order valence-corrected chi connectivity index (χ1v) is 6.45. The Morgan fingerprint density at radius 1 is 0.762 bits per heavy atom. The minimum Gasteiger partial charge on any atom is -0.380 e. The van der Waals surface area contributed by atoms with Crippen molar-refractivity contribution in [2.45, 2.75) is 0 Å². The Morgan fingerprint density at radius 3 is 1.71 bits per heavy atom. The van der Waals surface area contributed by atoms with Crippen molar-refractivity contribution >= 4 is 11.6 Å². The van der Waals surface area contributed by atoms with Gasteiger partial charge in [-0.1, -0.05) is 60.7 Å². The van der Waals surface area contributed by atoms with Crippen LogP contribution in [0.3, 0.4) is 0 Å². The third-order valence-corrected chi connectivity index (χ3v) is 3.10. The van der Waals surface area contributed by atoms with Gasteiger partial charge in [-0.3, -0.25) is 0 Å². The summed E-state index contributed by atoms with van der Waals surface area (Å²) in [5.41, 5.74) is 16.2. The van der Waals surface area contributed by atoms with E-state index >= 15 is 0 Å². The molecule has 3 aromatic rings. The molecule has 0 amide bonds. The molecule has 102 valence electrons. The van der Waals surface area contributed by atoms with Gasteiger partial charge in [0.15, 0.2) is 5.82 Å². The molecule has 3 rings (SSSR count). The van der Waals surface area contributed by atoms with Crippen molar-refractivity contribution in [3.63, 3.8) is 0 Å². The second kappa shape index (κ2) is 5.50. The zero-order valence-corrected chi connectivity index (χ0v) is 11.2. The van der Waals surface area contributed by atoms with Crippen LogP contribution in [0, 0.1) is 5.53 Å². The molecule has 3 N–H and O–H groups in total. The first kappa shape index (κ1) is 12.9. The Hall–Kier alpha value is -3.08. The van der Waals surface area contributed by atoms with Crippen molar-refractivity contribution in [3.8, 4) is 22.5 Å². The summed E-state index contributed by atoms with van der Waals surface area (Å²) < 4.78 is 0. The Labute approximate surface area is 122 Å². The fourth-order valence-corrected chi connectivity index (χ4v) is 2.12. The Balaban J connectivity index is 2.28. The van der Waals surface area contributed by atoms with Gasteiger partial charge in [0, 0.05) is 11.1 Å². The predicted octanol–water partition coefficient (Wildman–Crippen LogP) is 4.06. The molecule has 0 atom stereocenters. The summed E-state index contributed by atoms with van der Waals surface area (Å²) in [6, 6.07) is 19.4. The Morgan fingerprint density at radius 2 is 1.24 bits per heavy atom. The molecule has 5 heteroatoms. The number of nitrogens with one attached hydrogen (secondary N) is 1. The highest BCUT2D eigenvalue weighted by Crippen LogP contribution is 2.32. The standard InChI is InChI=1S/C16H13N5/c17-15-16(21-18)20-14(12-9-5-2-6-10-12)13(19-15)11-7-3-1-4-8-11/h1-10,18H,(H2,17,19). The molecular formula is C16H13N5. The van der Waals surface area contributed by atoms with Crippen molar-refractivity contribution in [3.05, 3.63) is 60.7 Å². The molecule has 2 aromatic carbocycles.